The predicted octanol–water partition coefficient (Wildman–Crippen LogP) is 4.18. The normalized spacial score (nSPS) is 19.0. The second-order valence-electron chi connectivity index (χ2n) is 12.2. The van der Waals surface area contributed by atoms with Crippen LogP contribution in [0.1, 0.15) is 56.8 Å². The summed E-state index contributed by atoms with van der Waals surface area (Å²) in [6.45, 7) is 7.85. The summed E-state index contributed by atoms with van der Waals surface area (Å²) in [5.74, 6) is -0.381. The second kappa shape index (κ2) is 12.6. The first-order valence-electron chi connectivity index (χ1n) is 15.1. The van der Waals surface area contributed by atoms with Gasteiger partial charge in [-0.1, -0.05) is 24.3 Å². The summed E-state index contributed by atoms with van der Waals surface area (Å²) in [6, 6.07) is 19.9. The Balaban J connectivity index is 0.964. The van der Waals surface area contributed by atoms with Gasteiger partial charge in [-0.3, -0.25) is 24.4 Å². The first-order chi connectivity index (χ1) is 20.9. The van der Waals surface area contributed by atoms with Gasteiger partial charge in [0.2, 0.25) is 0 Å². The molecule has 3 aromatic rings. The van der Waals surface area contributed by atoms with Gasteiger partial charge in [-0.2, -0.15) is 5.26 Å². The van der Waals surface area contributed by atoms with Crippen molar-refractivity contribution in [3.63, 3.8) is 0 Å². The van der Waals surface area contributed by atoms with Crippen LogP contribution in [0.25, 0.3) is 0 Å². The molecule has 1 spiro atoms. The van der Waals surface area contributed by atoms with E-state index in [1.165, 1.54) is 23.9 Å². The largest absolute Gasteiger partial charge is 0.337 e. The van der Waals surface area contributed by atoms with Gasteiger partial charge in [-0.15, -0.1) is 0 Å². The van der Waals surface area contributed by atoms with Crippen molar-refractivity contribution in [1.29, 1.82) is 5.26 Å². The van der Waals surface area contributed by atoms with Gasteiger partial charge < -0.3 is 9.80 Å². The van der Waals surface area contributed by atoms with E-state index in [1.54, 1.807) is 24.3 Å². The van der Waals surface area contributed by atoms with Gasteiger partial charge in [0.15, 0.2) is 0 Å². The molecule has 0 unspecified atom stereocenters. The van der Waals surface area contributed by atoms with Crippen molar-refractivity contribution < 1.29 is 14.0 Å². The molecule has 6 rings (SSSR count). The van der Waals surface area contributed by atoms with E-state index >= 15 is 0 Å². The predicted molar refractivity (Wildman–Crippen MR) is 160 cm³/mol. The second-order valence-corrected chi connectivity index (χ2v) is 12.2. The minimum absolute atomic E-state index is 0.0698. The number of hydrogen-bond acceptors (Lipinski definition) is 6. The van der Waals surface area contributed by atoms with E-state index in [0.29, 0.717) is 43.0 Å². The number of carbonyl (C=O) groups excluding carboxylic acids is 2. The van der Waals surface area contributed by atoms with Gasteiger partial charge in [-0.05, 0) is 78.7 Å². The van der Waals surface area contributed by atoms with Gasteiger partial charge in [0.05, 0.1) is 17.2 Å². The fraction of sp³-hybridized carbons (Fsp3) is 0.412. The molecule has 0 bridgehead atoms. The lowest BCUT2D eigenvalue weighted by Crippen LogP contribution is -2.48. The standard InChI is InChI=1S/C34H37FN6O2/c35-30-8-5-28(6-9-30)23-38-17-19-41(20-18-38)32(42)29-7-10-31(37-22-29)33(43)40-15-12-34(13-16-40)11-14-39(25-34)24-27-3-1-26(21-36)2-4-27/h1-10,22H,11-20,23-25H2. The number of aromatic nitrogens is 1. The van der Waals surface area contributed by atoms with Crippen LogP contribution in [0, 0.1) is 22.6 Å². The van der Waals surface area contributed by atoms with Crippen molar-refractivity contribution in [3.05, 3.63) is 101 Å². The molecule has 0 radical (unpaired) electrons. The molecule has 9 heteroatoms. The Morgan fingerprint density at radius 3 is 1.98 bits per heavy atom. The van der Waals surface area contributed by atoms with Crippen LogP contribution in [0.5, 0.6) is 0 Å². The summed E-state index contributed by atoms with van der Waals surface area (Å²) in [5.41, 5.74) is 4.08. The Morgan fingerprint density at radius 2 is 1.35 bits per heavy atom. The van der Waals surface area contributed by atoms with Crippen molar-refractivity contribution >= 4 is 11.8 Å². The maximum absolute atomic E-state index is 13.3. The van der Waals surface area contributed by atoms with E-state index in [4.69, 9.17) is 5.26 Å². The molecule has 43 heavy (non-hydrogen) atoms. The number of nitrogens with zero attached hydrogens (tertiary/aromatic N) is 6. The summed E-state index contributed by atoms with van der Waals surface area (Å²) in [7, 11) is 0. The maximum atomic E-state index is 13.3. The molecule has 4 heterocycles. The molecule has 0 atom stereocenters. The van der Waals surface area contributed by atoms with E-state index in [9.17, 15) is 14.0 Å². The molecule has 222 valence electrons. The maximum Gasteiger partial charge on any atom is 0.272 e. The van der Waals surface area contributed by atoms with Crippen LogP contribution in [0.2, 0.25) is 0 Å². The smallest absolute Gasteiger partial charge is 0.272 e. The van der Waals surface area contributed by atoms with Gasteiger partial charge in [-0.25, -0.2) is 4.39 Å². The average Bonchev–Trinajstić information content (AvgIpc) is 3.44. The van der Waals surface area contributed by atoms with Crippen LogP contribution >= 0.6 is 0 Å². The highest BCUT2D eigenvalue weighted by molar-refractivity contribution is 5.96. The molecule has 3 fully saturated rings. The quantitative estimate of drug-likeness (QED) is 0.435. The monoisotopic (exact) mass is 580 g/mol. The highest BCUT2D eigenvalue weighted by Gasteiger charge is 2.41. The molecule has 8 nitrogen and oxygen atoms in total. The van der Waals surface area contributed by atoms with Crippen LogP contribution in [-0.4, -0.2) is 88.8 Å². The summed E-state index contributed by atoms with van der Waals surface area (Å²) in [6.07, 6.45) is 4.63. The average molecular weight is 581 g/mol. The van der Waals surface area contributed by atoms with Crippen molar-refractivity contribution in [2.75, 3.05) is 52.4 Å². The Labute approximate surface area is 252 Å². The van der Waals surface area contributed by atoms with Crippen LogP contribution in [0.4, 0.5) is 4.39 Å². The Bertz CT molecular complexity index is 1470. The lowest BCUT2D eigenvalue weighted by atomic mass is 9.77. The molecular formula is C34H37FN6O2. The third-order valence-electron chi connectivity index (χ3n) is 9.33. The molecule has 3 saturated heterocycles. The third-order valence-corrected chi connectivity index (χ3v) is 9.33. The minimum atomic E-state index is -0.238. The topological polar surface area (TPSA) is 83.8 Å². The number of pyridine rings is 1. The molecule has 2 amide bonds. The van der Waals surface area contributed by atoms with Crippen LogP contribution in [0.3, 0.4) is 0 Å². The zero-order valence-corrected chi connectivity index (χ0v) is 24.4. The lowest BCUT2D eigenvalue weighted by molar-refractivity contribution is 0.0579. The molecule has 3 aliphatic rings. The number of amides is 2. The van der Waals surface area contributed by atoms with Crippen molar-refractivity contribution in [1.82, 2.24) is 24.6 Å². The summed E-state index contributed by atoms with van der Waals surface area (Å²) >= 11 is 0. The van der Waals surface area contributed by atoms with Gasteiger partial charge in [0.25, 0.3) is 11.8 Å². The van der Waals surface area contributed by atoms with Crippen molar-refractivity contribution in [2.24, 2.45) is 5.41 Å². The number of piperazine rings is 1. The highest BCUT2D eigenvalue weighted by atomic mass is 19.1. The number of nitriles is 1. The van der Waals surface area contributed by atoms with E-state index in [-0.39, 0.29) is 23.0 Å². The fourth-order valence-corrected chi connectivity index (χ4v) is 6.65. The van der Waals surface area contributed by atoms with Crippen molar-refractivity contribution in [2.45, 2.75) is 32.4 Å². The third kappa shape index (κ3) is 6.76. The molecule has 0 aliphatic carbocycles. The number of likely N-dealkylation sites (tertiary alicyclic amines) is 2. The number of carbonyl (C=O) groups is 2. The first-order valence-corrected chi connectivity index (χ1v) is 15.1. The number of hydrogen-bond donors (Lipinski definition) is 0. The van der Waals surface area contributed by atoms with E-state index in [1.807, 2.05) is 34.1 Å². The van der Waals surface area contributed by atoms with Crippen LogP contribution < -0.4 is 0 Å². The highest BCUT2D eigenvalue weighted by Crippen LogP contribution is 2.41. The van der Waals surface area contributed by atoms with E-state index in [2.05, 4.69) is 20.9 Å². The fourth-order valence-electron chi connectivity index (χ4n) is 6.65. The summed E-state index contributed by atoms with van der Waals surface area (Å²) in [4.78, 5) is 39.3. The molecule has 0 saturated carbocycles. The SMILES string of the molecule is N#Cc1ccc(CN2CCC3(CCN(C(=O)c4ccc(C(=O)N5CCN(Cc6ccc(F)cc6)CC5)cn4)CC3)C2)cc1. The Hall–Kier alpha value is -4.13. The number of benzene rings is 2. The van der Waals surface area contributed by atoms with Gasteiger partial charge >= 0.3 is 0 Å². The Kier molecular flexibility index (Phi) is 8.50. The summed E-state index contributed by atoms with van der Waals surface area (Å²) in [5, 5.41) is 9.03. The minimum Gasteiger partial charge on any atom is -0.337 e. The molecule has 2 aromatic carbocycles. The van der Waals surface area contributed by atoms with Crippen LogP contribution in [0.15, 0.2) is 66.9 Å². The number of halogens is 1. The molecule has 3 aliphatic heterocycles. The lowest BCUT2D eigenvalue weighted by Gasteiger charge is -2.39. The van der Waals surface area contributed by atoms with Crippen molar-refractivity contribution in [3.8, 4) is 6.07 Å². The molecular weight excluding hydrogens is 543 g/mol. The number of rotatable bonds is 6. The molecule has 1 aromatic heterocycles. The summed E-state index contributed by atoms with van der Waals surface area (Å²) < 4.78 is 13.2. The van der Waals surface area contributed by atoms with Gasteiger partial charge in [0.1, 0.15) is 11.5 Å². The van der Waals surface area contributed by atoms with Gasteiger partial charge in [0, 0.05) is 65.1 Å². The zero-order chi connectivity index (χ0) is 29.8. The molecule has 0 N–H and O–H groups in total. The van der Waals surface area contributed by atoms with E-state index < -0.39 is 0 Å². The first kappa shape index (κ1) is 29.0. The Morgan fingerprint density at radius 1 is 0.744 bits per heavy atom. The van der Waals surface area contributed by atoms with E-state index in [0.717, 1.165) is 64.1 Å². The van der Waals surface area contributed by atoms with Crippen LogP contribution in [-0.2, 0) is 13.1 Å². The zero-order valence-electron chi connectivity index (χ0n) is 24.4. The number of piperidine rings is 1.